The first-order chi connectivity index (χ1) is 19.9. The highest BCUT2D eigenvalue weighted by molar-refractivity contribution is 6.37. The van der Waals surface area contributed by atoms with Crippen molar-refractivity contribution in [3.05, 3.63) is 117 Å². The highest BCUT2D eigenvalue weighted by Gasteiger charge is 2.30. The molecule has 10 heteroatoms. The van der Waals surface area contributed by atoms with Crippen LogP contribution in [0.25, 0.3) is 23.4 Å². The summed E-state index contributed by atoms with van der Waals surface area (Å²) >= 11 is 0. The first-order valence-corrected chi connectivity index (χ1v) is 13.1. The lowest BCUT2D eigenvalue weighted by Gasteiger charge is -2.15. The van der Waals surface area contributed by atoms with Gasteiger partial charge in [-0.2, -0.15) is 0 Å². The van der Waals surface area contributed by atoms with E-state index in [-0.39, 0.29) is 17.5 Å². The Bertz CT molecular complexity index is 1640. The van der Waals surface area contributed by atoms with Gasteiger partial charge in [0.05, 0.1) is 28.2 Å². The number of aromatic nitrogens is 2. The molecule has 0 aliphatic carbocycles. The number of hydrogen-bond acceptors (Lipinski definition) is 6. The largest absolute Gasteiger partial charge is 0.356 e. The second kappa shape index (κ2) is 12.1. The van der Waals surface area contributed by atoms with Crippen molar-refractivity contribution in [2.45, 2.75) is 19.8 Å². The number of carbonyl (C=O) groups is 2. The number of fused-ring (bicyclic) bond motifs is 1. The van der Waals surface area contributed by atoms with E-state index in [9.17, 15) is 19.7 Å². The number of rotatable bonds is 10. The maximum absolute atomic E-state index is 13.2. The zero-order valence-corrected chi connectivity index (χ0v) is 22.3. The summed E-state index contributed by atoms with van der Waals surface area (Å²) in [6.45, 7) is 2.09. The van der Waals surface area contributed by atoms with Crippen LogP contribution in [0.2, 0.25) is 0 Å². The molecule has 1 aliphatic heterocycles. The van der Waals surface area contributed by atoms with Gasteiger partial charge in [0.15, 0.2) is 0 Å². The Balaban J connectivity index is 1.47. The van der Waals surface area contributed by atoms with Gasteiger partial charge in [-0.15, -0.1) is 0 Å². The molecular weight excluding hydrogens is 520 g/mol. The van der Waals surface area contributed by atoms with Gasteiger partial charge in [-0.25, -0.2) is 4.98 Å². The lowest BCUT2D eigenvalue weighted by Crippen LogP contribution is -2.21. The molecule has 0 atom stereocenters. The summed E-state index contributed by atoms with van der Waals surface area (Å²) in [5.41, 5.74) is 6.11. The van der Waals surface area contributed by atoms with Crippen LogP contribution in [-0.4, -0.2) is 33.3 Å². The van der Waals surface area contributed by atoms with E-state index in [4.69, 9.17) is 0 Å². The van der Waals surface area contributed by atoms with Crippen LogP contribution in [0.4, 0.5) is 17.1 Å². The molecule has 0 saturated heterocycles. The van der Waals surface area contributed by atoms with E-state index in [1.807, 2.05) is 60.7 Å². The quantitative estimate of drug-likeness (QED) is 0.0894. The summed E-state index contributed by atoms with van der Waals surface area (Å²) in [5, 5.41) is 20.5. The van der Waals surface area contributed by atoms with Gasteiger partial charge < -0.3 is 20.9 Å². The summed E-state index contributed by atoms with van der Waals surface area (Å²) in [6.07, 6.45) is 8.84. The molecule has 4 aromatic rings. The van der Waals surface area contributed by atoms with Gasteiger partial charge in [0.2, 0.25) is 5.91 Å². The summed E-state index contributed by atoms with van der Waals surface area (Å²) in [7, 11) is 0. The number of non-ortho nitro benzene ring substituents is 1. The first-order valence-electron chi connectivity index (χ1n) is 13.1. The molecule has 10 nitrogen and oxygen atoms in total. The molecule has 1 aliphatic rings. The standard InChI is InChI=1S/C31H28N6O4/c1-20(38)33-16-2-3-21-4-9-23(10-5-21)30(29-27-17-26(37(40)41)14-15-28(27)36-31(29)39)35-24-11-6-22(7-12-24)8-13-25-18-32-19-34-25/h4-15,17-19,35H,2-3,16H2,1H3,(H,32,34)(H,33,38)(H,36,39). The maximum atomic E-state index is 13.2. The van der Waals surface area contributed by atoms with Gasteiger partial charge in [-0.1, -0.05) is 42.5 Å². The average molecular weight is 549 g/mol. The zero-order chi connectivity index (χ0) is 28.8. The van der Waals surface area contributed by atoms with E-state index in [1.54, 1.807) is 18.6 Å². The summed E-state index contributed by atoms with van der Waals surface area (Å²) in [5.74, 6) is -0.402. The third kappa shape index (κ3) is 6.56. The summed E-state index contributed by atoms with van der Waals surface area (Å²) < 4.78 is 0. The minimum atomic E-state index is -0.473. The molecular formula is C31H28N6O4. The Kier molecular flexibility index (Phi) is 8.00. The Morgan fingerprint density at radius 1 is 1.05 bits per heavy atom. The number of anilines is 2. The molecule has 0 radical (unpaired) electrons. The van der Waals surface area contributed by atoms with Crippen molar-refractivity contribution >= 4 is 52.3 Å². The van der Waals surface area contributed by atoms with Crippen LogP contribution in [0, 0.1) is 10.1 Å². The SMILES string of the molecule is CC(=O)NCCCc1ccc(C(Nc2ccc(C=Cc3c[nH]cn3)cc2)=C2C(=O)Nc3ccc([N+](=O)[O-])cc32)cc1. The number of nitrogens with one attached hydrogen (secondary N) is 4. The van der Waals surface area contributed by atoms with Gasteiger partial charge >= 0.3 is 0 Å². The fourth-order valence-electron chi connectivity index (χ4n) is 4.56. The minimum Gasteiger partial charge on any atom is -0.356 e. The van der Waals surface area contributed by atoms with Crippen molar-refractivity contribution in [1.82, 2.24) is 15.3 Å². The van der Waals surface area contributed by atoms with Crippen molar-refractivity contribution in [3.8, 4) is 0 Å². The molecule has 3 aromatic carbocycles. The van der Waals surface area contributed by atoms with Gasteiger partial charge in [0.25, 0.3) is 11.6 Å². The molecule has 1 aromatic heterocycles. The Labute approximate surface area is 236 Å². The fourth-order valence-corrected chi connectivity index (χ4v) is 4.56. The second-order valence-corrected chi connectivity index (χ2v) is 9.55. The maximum Gasteiger partial charge on any atom is 0.270 e. The summed E-state index contributed by atoms with van der Waals surface area (Å²) in [6, 6.07) is 19.9. The molecule has 0 saturated carbocycles. The molecule has 0 fully saturated rings. The van der Waals surface area contributed by atoms with Crippen LogP contribution >= 0.6 is 0 Å². The number of nitrogens with zero attached hydrogens (tertiary/aromatic N) is 2. The second-order valence-electron chi connectivity index (χ2n) is 9.55. The molecule has 0 bridgehead atoms. The van der Waals surface area contributed by atoms with Gasteiger partial charge in [-0.3, -0.25) is 19.7 Å². The van der Waals surface area contributed by atoms with E-state index in [0.29, 0.717) is 29.1 Å². The van der Waals surface area contributed by atoms with Gasteiger partial charge in [0.1, 0.15) is 0 Å². The van der Waals surface area contributed by atoms with Crippen LogP contribution in [0.5, 0.6) is 0 Å². The van der Waals surface area contributed by atoms with Crippen molar-refractivity contribution in [3.63, 3.8) is 0 Å². The van der Waals surface area contributed by atoms with E-state index >= 15 is 0 Å². The lowest BCUT2D eigenvalue weighted by atomic mass is 9.98. The predicted octanol–water partition coefficient (Wildman–Crippen LogP) is 5.49. The Morgan fingerprint density at radius 2 is 1.83 bits per heavy atom. The van der Waals surface area contributed by atoms with E-state index in [0.717, 1.165) is 40.9 Å². The number of nitro groups is 1. The van der Waals surface area contributed by atoms with E-state index in [2.05, 4.69) is 25.9 Å². The molecule has 5 rings (SSSR count). The number of aromatic amines is 1. The summed E-state index contributed by atoms with van der Waals surface area (Å²) in [4.78, 5) is 42.5. The number of H-pyrrole nitrogens is 1. The Morgan fingerprint density at radius 3 is 2.51 bits per heavy atom. The van der Waals surface area contributed by atoms with Crippen LogP contribution in [0.3, 0.4) is 0 Å². The highest BCUT2D eigenvalue weighted by atomic mass is 16.6. The average Bonchev–Trinajstić information content (AvgIpc) is 3.60. The normalized spacial score (nSPS) is 13.5. The van der Waals surface area contributed by atoms with Crippen molar-refractivity contribution in [2.75, 3.05) is 17.2 Å². The monoisotopic (exact) mass is 548 g/mol. The molecule has 206 valence electrons. The fraction of sp³-hybridized carbons (Fsp3) is 0.129. The predicted molar refractivity (Wildman–Crippen MR) is 160 cm³/mol. The smallest absolute Gasteiger partial charge is 0.270 e. The first kappa shape index (κ1) is 27.1. The number of imidazole rings is 1. The number of benzene rings is 3. The molecule has 0 unspecified atom stereocenters. The third-order valence-electron chi connectivity index (χ3n) is 6.61. The molecule has 2 amide bonds. The number of hydrogen-bond donors (Lipinski definition) is 4. The van der Waals surface area contributed by atoms with E-state index in [1.165, 1.54) is 19.1 Å². The van der Waals surface area contributed by atoms with Crippen LogP contribution in [0.1, 0.15) is 41.3 Å². The molecule has 4 N–H and O–H groups in total. The molecule has 2 heterocycles. The zero-order valence-electron chi connectivity index (χ0n) is 22.3. The van der Waals surface area contributed by atoms with Crippen molar-refractivity contribution in [1.29, 1.82) is 0 Å². The Hall–Kier alpha value is -5.51. The third-order valence-corrected chi connectivity index (χ3v) is 6.61. The van der Waals surface area contributed by atoms with Crippen LogP contribution < -0.4 is 16.0 Å². The number of aryl methyl sites for hydroxylation is 1. The van der Waals surface area contributed by atoms with Crippen LogP contribution in [-0.2, 0) is 16.0 Å². The van der Waals surface area contributed by atoms with Gasteiger partial charge in [-0.05, 0) is 53.8 Å². The van der Waals surface area contributed by atoms with Crippen LogP contribution in [0.15, 0.2) is 79.3 Å². The minimum absolute atomic E-state index is 0.0558. The van der Waals surface area contributed by atoms with Crippen molar-refractivity contribution in [2.24, 2.45) is 0 Å². The lowest BCUT2D eigenvalue weighted by molar-refractivity contribution is -0.384. The molecule has 41 heavy (non-hydrogen) atoms. The molecule has 0 spiro atoms. The highest BCUT2D eigenvalue weighted by Crippen LogP contribution is 2.39. The topological polar surface area (TPSA) is 142 Å². The number of carbonyl (C=O) groups excluding carboxylic acids is 2. The number of amides is 2. The van der Waals surface area contributed by atoms with Gasteiger partial charge in [0, 0.05) is 48.7 Å². The van der Waals surface area contributed by atoms with E-state index < -0.39 is 4.92 Å². The number of nitro benzene ring substituents is 1. The van der Waals surface area contributed by atoms with Crippen molar-refractivity contribution < 1.29 is 14.5 Å².